The summed E-state index contributed by atoms with van der Waals surface area (Å²) in [6.07, 6.45) is 8.29. The lowest BCUT2D eigenvalue weighted by Crippen LogP contribution is -2.42. The van der Waals surface area contributed by atoms with Crippen LogP contribution in [-0.4, -0.2) is 36.0 Å². The highest BCUT2D eigenvalue weighted by atomic mass is 35.5. The van der Waals surface area contributed by atoms with Gasteiger partial charge in [-0.05, 0) is 56.3 Å². The predicted octanol–water partition coefficient (Wildman–Crippen LogP) is 3.70. The molecule has 0 radical (unpaired) electrons. The maximum atomic E-state index is 13.3. The first-order valence-corrected chi connectivity index (χ1v) is 8.99. The number of nitrogens with one attached hydrogen (secondary N) is 1. The fraction of sp³-hybridized carbons (Fsp3) is 0.632. The summed E-state index contributed by atoms with van der Waals surface area (Å²) in [4.78, 5) is 14.9. The number of hydrogen-bond donors (Lipinski definition) is 1. The SMILES string of the molecule is Cl.O=C(CC1CCCN1)N(CCc1cccc(F)c1)C1CCCC1. The molecule has 1 N–H and O–H groups in total. The van der Waals surface area contributed by atoms with Crippen LogP contribution in [0.25, 0.3) is 0 Å². The number of carbonyl (C=O) groups excluding carboxylic acids is 1. The monoisotopic (exact) mass is 354 g/mol. The van der Waals surface area contributed by atoms with Gasteiger partial charge >= 0.3 is 0 Å². The second-order valence-corrected chi connectivity index (χ2v) is 6.90. The van der Waals surface area contributed by atoms with E-state index in [0.29, 0.717) is 25.0 Å². The van der Waals surface area contributed by atoms with E-state index in [-0.39, 0.29) is 24.1 Å². The molecule has 1 aromatic carbocycles. The molecule has 3 nitrogen and oxygen atoms in total. The standard InChI is InChI=1S/C19H27FN2O.ClH/c20-16-6-3-5-15(13-16)10-12-22(18-8-1-2-9-18)19(23)14-17-7-4-11-21-17;/h3,5-6,13,17-18,21H,1-2,4,7-12,14H2;1H. The molecule has 1 aliphatic carbocycles. The highest BCUT2D eigenvalue weighted by Crippen LogP contribution is 2.25. The van der Waals surface area contributed by atoms with Gasteiger partial charge in [-0.3, -0.25) is 4.79 Å². The van der Waals surface area contributed by atoms with Crippen LogP contribution < -0.4 is 5.32 Å². The molecule has 1 heterocycles. The summed E-state index contributed by atoms with van der Waals surface area (Å²) in [5.41, 5.74) is 0.972. The molecule has 2 fully saturated rings. The molecule has 0 aromatic heterocycles. The van der Waals surface area contributed by atoms with Crippen molar-refractivity contribution in [2.24, 2.45) is 0 Å². The van der Waals surface area contributed by atoms with Gasteiger partial charge in [0.2, 0.25) is 5.91 Å². The maximum Gasteiger partial charge on any atom is 0.224 e. The smallest absolute Gasteiger partial charge is 0.224 e. The van der Waals surface area contributed by atoms with Gasteiger partial charge in [-0.15, -0.1) is 12.4 Å². The van der Waals surface area contributed by atoms with Gasteiger partial charge in [-0.2, -0.15) is 0 Å². The van der Waals surface area contributed by atoms with Crippen molar-refractivity contribution < 1.29 is 9.18 Å². The zero-order valence-corrected chi connectivity index (χ0v) is 15.0. The van der Waals surface area contributed by atoms with Crippen molar-refractivity contribution in [3.63, 3.8) is 0 Å². The molecule has 24 heavy (non-hydrogen) atoms. The van der Waals surface area contributed by atoms with Crippen LogP contribution in [-0.2, 0) is 11.2 Å². The van der Waals surface area contributed by atoms with E-state index in [4.69, 9.17) is 0 Å². The van der Waals surface area contributed by atoms with Crippen molar-refractivity contribution in [1.82, 2.24) is 10.2 Å². The molecule has 1 saturated carbocycles. The van der Waals surface area contributed by atoms with Gasteiger partial charge in [0.15, 0.2) is 0 Å². The van der Waals surface area contributed by atoms with Crippen LogP contribution in [0.3, 0.4) is 0 Å². The number of amides is 1. The first kappa shape index (κ1) is 19.2. The van der Waals surface area contributed by atoms with Gasteiger partial charge in [0.25, 0.3) is 0 Å². The van der Waals surface area contributed by atoms with Gasteiger partial charge in [0.1, 0.15) is 5.82 Å². The number of rotatable bonds is 6. The molecule has 2 aliphatic rings. The summed E-state index contributed by atoms with van der Waals surface area (Å²) < 4.78 is 13.3. The quantitative estimate of drug-likeness (QED) is 0.844. The summed E-state index contributed by atoms with van der Waals surface area (Å²) in [7, 11) is 0. The largest absolute Gasteiger partial charge is 0.339 e. The Morgan fingerprint density at radius 3 is 2.67 bits per heavy atom. The number of hydrogen-bond acceptors (Lipinski definition) is 2. The Kier molecular flexibility index (Phi) is 7.50. The topological polar surface area (TPSA) is 32.3 Å². The third-order valence-electron chi connectivity index (χ3n) is 5.20. The lowest BCUT2D eigenvalue weighted by Gasteiger charge is -2.30. The molecular weight excluding hydrogens is 327 g/mol. The number of halogens is 2. The summed E-state index contributed by atoms with van der Waals surface area (Å²) >= 11 is 0. The van der Waals surface area contributed by atoms with Crippen LogP contribution in [0.4, 0.5) is 4.39 Å². The van der Waals surface area contributed by atoms with Crippen LogP contribution in [0.15, 0.2) is 24.3 Å². The van der Waals surface area contributed by atoms with Crippen molar-refractivity contribution in [3.8, 4) is 0 Å². The summed E-state index contributed by atoms with van der Waals surface area (Å²) in [5.74, 6) is 0.0732. The van der Waals surface area contributed by atoms with Crippen molar-refractivity contribution >= 4 is 18.3 Å². The first-order chi connectivity index (χ1) is 11.2. The molecule has 1 saturated heterocycles. The fourth-order valence-corrected chi connectivity index (χ4v) is 3.93. The van der Waals surface area contributed by atoms with Crippen LogP contribution >= 0.6 is 12.4 Å². The number of nitrogens with zero attached hydrogens (tertiary/aromatic N) is 1. The van der Waals surface area contributed by atoms with E-state index >= 15 is 0 Å². The summed E-state index contributed by atoms with van der Waals surface area (Å²) in [6, 6.07) is 7.47. The van der Waals surface area contributed by atoms with Crippen LogP contribution in [0, 0.1) is 5.82 Å². The van der Waals surface area contributed by atoms with Gasteiger partial charge in [-0.25, -0.2) is 4.39 Å². The maximum absolute atomic E-state index is 13.3. The average molecular weight is 355 g/mol. The highest BCUT2D eigenvalue weighted by Gasteiger charge is 2.28. The van der Waals surface area contributed by atoms with Crippen molar-refractivity contribution in [2.75, 3.05) is 13.1 Å². The molecule has 0 spiro atoms. The molecule has 1 aliphatic heterocycles. The number of carbonyl (C=O) groups is 1. The molecule has 1 aromatic rings. The minimum atomic E-state index is -0.198. The second kappa shape index (κ2) is 9.38. The van der Waals surface area contributed by atoms with Gasteiger partial charge < -0.3 is 10.2 Å². The average Bonchev–Trinajstić information content (AvgIpc) is 3.21. The molecule has 1 atom stereocenters. The molecular formula is C19H28ClFN2O. The van der Waals surface area contributed by atoms with Crippen molar-refractivity contribution in [1.29, 1.82) is 0 Å². The third kappa shape index (κ3) is 5.18. The Morgan fingerprint density at radius 2 is 2.00 bits per heavy atom. The van der Waals surface area contributed by atoms with E-state index in [0.717, 1.165) is 37.8 Å². The Balaban J connectivity index is 0.00000208. The number of benzene rings is 1. The van der Waals surface area contributed by atoms with E-state index in [1.807, 2.05) is 6.07 Å². The predicted molar refractivity (Wildman–Crippen MR) is 97.0 cm³/mol. The minimum Gasteiger partial charge on any atom is -0.339 e. The van der Waals surface area contributed by atoms with E-state index in [9.17, 15) is 9.18 Å². The minimum absolute atomic E-state index is 0. The fourth-order valence-electron chi connectivity index (χ4n) is 3.93. The van der Waals surface area contributed by atoms with Crippen LogP contribution in [0.5, 0.6) is 0 Å². The van der Waals surface area contributed by atoms with Gasteiger partial charge in [0, 0.05) is 25.0 Å². The molecule has 1 unspecified atom stereocenters. The molecule has 5 heteroatoms. The second-order valence-electron chi connectivity index (χ2n) is 6.90. The normalized spacial score (nSPS) is 20.8. The lowest BCUT2D eigenvalue weighted by molar-refractivity contribution is -0.133. The van der Waals surface area contributed by atoms with E-state index in [1.54, 1.807) is 12.1 Å². The lowest BCUT2D eigenvalue weighted by atomic mass is 10.1. The Hall–Kier alpha value is -1.13. The van der Waals surface area contributed by atoms with Crippen LogP contribution in [0.1, 0.15) is 50.5 Å². The Labute approximate surface area is 150 Å². The zero-order chi connectivity index (χ0) is 16.1. The van der Waals surface area contributed by atoms with Gasteiger partial charge in [0.05, 0.1) is 0 Å². The van der Waals surface area contributed by atoms with Crippen molar-refractivity contribution in [2.45, 2.75) is 63.5 Å². The third-order valence-corrected chi connectivity index (χ3v) is 5.20. The Morgan fingerprint density at radius 1 is 1.21 bits per heavy atom. The molecule has 134 valence electrons. The first-order valence-electron chi connectivity index (χ1n) is 8.99. The van der Waals surface area contributed by atoms with Gasteiger partial charge in [-0.1, -0.05) is 25.0 Å². The zero-order valence-electron chi connectivity index (χ0n) is 14.2. The molecule has 1 amide bonds. The van der Waals surface area contributed by atoms with E-state index in [1.165, 1.54) is 25.3 Å². The Bertz CT molecular complexity index is 528. The van der Waals surface area contributed by atoms with E-state index in [2.05, 4.69) is 10.2 Å². The highest BCUT2D eigenvalue weighted by molar-refractivity contribution is 5.85. The van der Waals surface area contributed by atoms with E-state index < -0.39 is 0 Å². The molecule has 3 rings (SSSR count). The summed E-state index contributed by atoms with van der Waals surface area (Å²) in [6.45, 7) is 1.74. The van der Waals surface area contributed by atoms with Crippen molar-refractivity contribution in [3.05, 3.63) is 35.6 Å². The molecule has 0 bridgehead atoms. The van der Waals surface area contributed by atoms with Crippen LogP contribution in [0.2, 0.25) is 0 Å². The summed E-state index contributed by atoms with van der Waals surface area (Å²) in [5, 5.41) is 3.42.